The first-order valence-corrected chi connectivity index (χ1v) is 6.86. The van der Waals surface area contributed by atoms with Gasteiger partial charge in [-0.15, -0.1) is 0 Å². The molecule has 5 nitrogen and oxygen atoms in total. The van der Waals surface area contributed by atoms with E-state index in [9.17, 15) is 9.59 Å². The molecule has 1 aromatic carbocycles. The van der Waals surface area contributed by atoms with Crippen LogP contribution >= 0.6 is 22.9 Å². The molecule has 0 unspecified atom stereocenters. The average molecular weight is 312 g/mol. The highest BCUT2D eigenvalue weighted by molar-refractivity contribution is 7.08. The summed E-state index contributed by atoms with van der Waals surface area (Å²) in [7, 11) is 0. The highest BCUT2D eigenvalue weighted by Gasteiger charge is 2.09. The van der Waals surface area contributed by atoms with Gasteiger partial charge in [-0.3, -0.25) is 4.79 Å². The number of carbonyl (C=O) groups excluding carboxylic acids is 1. The van der Waals surface area contributed by atoms with Crippen molar-refractivity contribution in [1.29, 1.82) is 0 Å². The second kappa shape index (κ2) is 6.40. The van der Waals surface area contributed by atoms with Gasteiger partial charge < -0.3 is 15.2 Å². The Labute approximate surface area is 123 Å². The van der Waals surface area contributed by atoms with Crippen LogP contribution in [0.25, 0.3) is 0 Å². The first-order chi connectivity index (χ1) is 9.56. The first kappa shape index (κ1) is 14.4. The van der Waals surface area contributed by atoms with Gasteiger partial charge >= 0.3 is 5.97 Å². The Bertz CT molecular complexity index is 627. The number of carboxylic acids is 1. The number of carboxylic acid groups (broad SMARTS) is 1. The third-order valence-corrected chi connectivity index (χ3v) is 3.30. The molecule has 1 amide bonds. The first-order valence-electron chi connectivity index (χ1n) is 5.54. The minimum atomic E-state index is -1.09. The summed E-state index contributed by atoms with van der Waals surface area (Å²) in [5, 5.41) is 15.0. The zero-order chi connectivity index (χ0) is 14.5. The summed E-state index contributed by atoms with van der Waals surface area (Å²) >= 11 is 7.38. The van der Waals surface area contributed by atoms with Crippen LogP contribution in [0, 0.1) is 0 Å². The van der Waals surface area contributed by atoms with Gasteiger partial charge in [-0.25, -0.2) is 4.79 Å². The SMILES string of the molecule is O=C(O)COc1ccc(NC(=O)c2ccsc2)cc1Cl. The van der Waals surface area contributed by atoms with Gasteiger partial charge in [0.2, 0.25) is 0 Å². The quantitative estimate of drug-likeness (QED) is 0.889. The number of amides is 1. The molecule has 0 atom stereocenters. The predicted molar refractivity (Wildman–Crippen MR) is 76.9 cm³/mol. The summed E-state index contributed by atoms with van der Waals surface area (Å²) in [5.74, 6) is -1.07. The van der Waals surface area contributed by atoms with Crippen LogP contribution in [0.1, 0.15) is 10.4 Å². The van der Waals surface area contributed by atoms with Crippen molar-refractivity contribution in [2.75, 3.05) is 11.9 Å². The molecule has 0 aliphatic rings. The van der Waals surface area contributed by atoms with Crippen molar-refractivity contribution in [1.82, 2.24) is 0 Å². The normalized spacial score (nSPS) is 10.1. The highest BCUT2D eigenvalue weighted by atomic mass is 35.5. The minimum absolute atomic E-state index is 0.231. The van der Waals surface area contributed by atoms with Gasteiger partial charge in [0.05, 0.1) is 10.6 Å². The largest absolute Gasteiger partial charge is 0.480 e. The molecular formula is C13H10ClNO4S. The van der Waals surface area contributed by atoms with Gasteiger partial charge in [0, 0.05) is 11.1 Å². The monoisotopic (exact) mass is 311 g/mol. The lowest BCUT2D eigenvalue weighted by atomic mass is 10.2. The lowest BCUT2D eigenvalue weighted by molar-refractivity contribution is -0.139. The van der Waals surface area contributed by atoms with Gasteiger partial charge in [-0.2, -0.15) is 11.3 Å². The van der Waals surface area contributed by atoms with E-state index in [2.05, 4.69) is 5.32 Å². The van der Waals surface area contributed by atoms with Crippen LogP contribution in [0.5, 0.6) is 5.75 Å². The molecule has 0 saturated carbocycles. The van der Waals surface area contributed by atoms with Crippen LogP contribution in [0.3, 0.4) is 0 Å². The van der Waals surface area contributed by atoms with Crippen molar-refractivity contribution in [2.45, 2.75) is 0 Å². The van der Waals surface area contributed by atoms with Crippen LogP contribution in [0.15, 0.2) is 35.0 Å². The second-order valence-electron chi connectivity index (χ2n) is 3.79. The highest BCUT2D eigenvalue weighted by Crippen LogP contribution is 2.28. The average Bonchev–Trinajstić information content (AvgIpc) is 2.91. The van der Waals surface area contributed by atoms with E-state index in [4.69, 9.17) is 21.4 Å². The molecule has 0 bridgehead atoms. The van der Waals surface area contributed by atoms with E-state index in [-0.39, 0.29) is 16.7 Å². The van der Waals surface area contributed by atoms with Gasteiger partial charge in [0.15, 0.2) is 6.61 Å². The van der Waals surface area contributed by atoms with Gasteiger partial charge in [-0.1, -0.05) is 11.6 Å². The number of hydrogen-bond donors (Lipinski definition) is 2. The predicted octanol–water partition coefficient (Wildman–Crippen LogP) is 3.12. The fraction of sp³-hybridized carbons (Fsp3) is 0.0769. The summed E-state index contributed by atoms with van der Waals surface area (Å²) in [6.07, 6.45) is 0. The van der Waals surface area contributed by atoms with Crippen LogP contribution in [-0.2, 0) is 4.79 Å². The molecule has 0 fully saturated rings. The molecule has 0 aliphatic carbocycles. The third-order valence-electron chi connectivity index (χ3n) is 2.32. The maximum absolute atomic E-state index is 11.8. The number of hydrogen-bond acceptors (Lipinski definition) is 4. The molecule has 0 saturated heterocycles. The smallest absolute Gasteiger partial charge is 0.341 e. The number of carbonyl (C=O) groups is 2. The maximum atomic E-state index is 11.8. The second-order valence-corrected chi connectivity index (χ2v) is 4.98. The molecule has 2 N–H and O–H groups in total. The van der Waals surface area contributed by atoms with Gasteiger partial charge in [0.25, 0.3) is 5.91 Å². The molecule has 0 spiro atoms. The van der Waals surface area contributed by atoms with Crippen LogP contribution < -0.4 is 10.1 Å². The van der Waals surface area contributed by atoms with E-state index in [1.165, 1.54) is 23.5 Å². The molecule has 7 heteroatoms. The molecule has 0 radical (unpaired) electrons. The van der Waals surface area contributed by atoms with Crippen molar-refractivity contribution in [3.63, 3.8) is 0 Å². The lowest BCUT2D eigenvalue weighted by Crippen LogP contribution is -2.11. The summed E-state index contributed by atoms with van der Waals surface area (Å²) in [6.45, 7) is -0.472. The van der Waals surface area contributed by atoms with Crippen LogP contribution in [0.4, 0.5) is 5.69 Å². The molecule has 20 heavy (non-hydrogen) atoms. The molecule has 0 aliphatic heterocycles. The van der Waals surface area contributed by atoms with E-state index in [1.54, 1.807) is 17.5 Å². The topological polar surface area (TPSA) is 75.6 Å². The third kappa shape index (κ3) is 3.72. The standard InChI is InChI=1S/C13H10ClNO4S/c14-10-5-9(1-2-11(10)19-6-12(16)17)15-13(18)8-3-4-20-7-8/h1-5,7H,6H2,(H,15,18)(H,16,17). The number of halogens is 1. The Morgan fingerprint density at radius 2 is 2.15 bits per heavy atom. The molecular weight excluding hydrogens is 302 g/mol. The number of rotatable bonds is 5. The molecule has 1 heterocycles. The lowest BCUT2D eigenvalue weighted by Gasteiger charge is -2.08. The van der Waals surface area contributed by atoms with E-state index in [0.29, 0.717) is 11.3 Å². The van der Waals surface area contributed by atoms with Crippen molar-refractivity contribution in [3.05, 3.63) is 45.6 Å². The Kier molecular flexibility index (Phi) is 4.60. The van der Waals surface area contributed by atoms with E-state index in [0.717, 1.165) is 0 Å². The van der Waals surface area contributed by atoms with Crippen molar-refractivity contribution < 1.29 is 19.4 Å². The van der Waals surface area contributed by atoms with Crippen LogP contribution in [-0.4, -0.2) is 23.6 Å². The van der Waals surface area contributed by atoms with Crippen molar-refractivity contribution in [3.8, 4) is 5.75 Å². The number of benzene rings is 1. The fourth-order valence-electron chi connectivity index (χ4n) is 1.43. The Morgan fingerprint density at radius 1 is 1.35 bits per heavy atom. The number of nitrogens with one attached hydrogen (secondary N) is 1. The Morgan fingerprint density at radius 3 is 2.75 bits per heavy atom. The molecule has 104 valence electrons. The van der Waals surface area contributed by atoms with E-state index >= 15 is 0 Å². The number of thiophene rings is 1. The molecule has 2 aromatic rings. The zero-order valence-electron chi connectivity index (χ0n) is 10.1. The number of aliphatic carboxylic acids is 1. The minimum Gasteiger partial charge on any atom is -0.480 e. The van der Waals surface area contributed by atoms with E-state index in [1.807, 2.05) is 5.38 Å². The molecule has 2 rings (SSSR count). The molecule has 1 aromatic heterocycles. The van der Waals surface area contributed by atoms with Gasteiger partial charge in [-0.05, 0) is 29.6 Å². The summed E-state index contributed by atoms with van der Waals surface area (Å²) < 4.78 is 4.99. The zero-order valence-corrected chi connectivity index (χ0v) is 11.7. The Hall–Kier alpha value is -2.05. The van der Waals surface area contributed by atoms with E-state index < -0.39 is 12.6 Å². The Balaban J connectivity index is 2.05. The van der Waals surface area contributed by atoms with Gasteiger partial charge in [0.1, 0.15) is 5.75 Å². The fourth-order valence-corrected chi connectivity index (χ4v) is 2.30. The maximum Gasteiger partial charge on any atom is 0.341 e. The number of anilines is 1. The number of ether oxygens (including phenoxy) is 1. The van der Waals surface area contributed by atoms with Crippen molar-refractivity contribution in [2.24, 2.45) is 0 Å². The van der Waals surface area contributed by atoms with Crippen molar-refractivity contribution >= 4 is 40.5 Å². The summed E-state index contributed by atoms with van der Waals surface area (Å²) in [5.41, 5.74) is 1.08. The van der Waals surface area contributed by atoms with Crippen LogP contribution in [0.2, 0.25) is 5.02 Å². The summed E-state index contributed by atoms with van der Waals surface area (Å²) in [4.78, 5) is 22.2. The summed E-state index contributed by atoms with van der Waals surface area (Å²) in [6, 6.07) is 6.32.